The fourth-order valence-electron chi connectivity index (χ4n) is 2.58. The van der Waals surface area contributed by atoms with E-state index in [4.69, 9.17) is 4.74 Å². The van der Waals surface area contributed by atoms with Gasteiger partial charge in [0.2, 0.25) is 0 Å². The van der Waals surface area contributed by atoms with Gasteiger partial charge in [0.25, 0.3) is 0 Å². The molecule has 1 aliphatic heterocycles. The van der Waals surface area contributed by atoms with Crippen LogP contribution in [0.3, 0.4) is 0 Å². The van der Waals surface area contributed by atoms with Gasteiger partial charge in [-0.2, -0.15) is 0 Å². The summed E-state index contributed by atoms with van der Waals surface area (Å²) in [6.07, 6.45) is 4.11. The standard InChI is InChI=1S/C14H30N2O3S/c1-4-8-15-13(7-6-11-20(3,17)18)14-12-16(5-2)9-10-19-14/h13-15H,4-12H2,1-3H3. The highest BCUT2D eigenvalue weighted by Crippen LogP contribution is 2.13. The Kier molecular flexibility index (Phi) is 8.02. The molecule has 6 heteroatoms. The van der Waals surface area contributed by atoms with Crippen LogP contribution in [0.25, 0.3) is 0 Å². The summed E-state index contributed by atoms with van der Waals surface area (Å²) < 4.78 is 28.4. The molecule has 2 atom stereocenters. The van der Waals surface area contributed by atoms with Crippen molar-refractivity contribution < 1.29 is 13.2 Å². The summed E-state index contributed by atoms with van der Waals surface area (Å²) in [4.78, 5) is 2.39. The van der Waals surface area contributed by atoms with Crippen LogP contribution in [0.4, 0.5) is 0 Å². The van der Waals surface area contributed by atoms with Gasteiger partial charge in [-0.3, -0.25) is 4.90 Å². The second-order valence-corrected chi connectivity index (χ2v) is 7.89. The smallest absolute Gasteiger partial charge is 0.147 e. The maximum absolute atomic E-state index is 11.2. The van der Waals surface area contributed by atoms with E-state index in [-0.39, 0.29) is 17.9 Å². The molecule has 0 aromatic heterocycles. The van der Waals surface area contributed by atoms with E-state index >= 15 is 0 Å². The van der Waals surface area contributed by atoms with Gasteiger partial charge >= 0.3 is 0 Å². The van der Waals surface area contributed by atoms with Crippen molar-refractivity contribution >= 4 is 9.84 Å². The zero-order valence-corrected chi connectivity index (χ0v) is 13.9. The van der Waals surface area contributed by atoms with Gasteiger partial charge in [0.05, 0.1) is 12.7 Å². The number of rotatable bonds is 9. The molecule has 1 fully saturated rings. The second-order valence-electron chi connectivity index (χ2n) is 5.64. The molecule has 1 saturated heterocycles. The van der Waals surface area contributed by atoms with Crippen molar-refractivity contribution in [1.29, 1.82) is 0 Å². The Morgan fingerprint density at radius 3 is 2.75 bits per heavy atom. The lowest BCUT2D eigenvalue weighted by Gasteiger charge is -2.37. The van der Waals surface area contributed by atoms with Crippen molar-refractivity contribution in [2.75, 3.05) is 44.8 Å². The Hall–Kier alpha value is -0.170. The molecule has 0 aliphatic carbocycles. The number of sulfone groups is 1. The fraction of sp³-hybridized carbons (Fsp3) is 1.00. The van der Waals surface area contributed by atoms with E-state index < -0.39 is 9.84 Å². The van der Waals surface area contributed by atoms with Crippen molar-refractivity contribution in [1.82, 2.24) is 10.2 Å². The predicted molar refractivity (Wildman–Crippen MR) is 82.9 cm³/mol. The van der Waals surface area contributed by atoms with Gasteiger partial charge in [0, 0.05) is 31.1 Å². The summed E-state index contributed by atoms with van der Waals surface area (Å²) in [6, 6.07) is 0.256. The average molecular weight is 306 g/mol. The molecule has 1 N–H and O–H groups in total. The summed E-state index contributed by atoms with van der Waals surface area (Å²) in [7, 11) is -2.87. The highest BCUT2D eigenvalue weighted by Gasteiger charge is 2.27. The van der Waals surface area contributed by atoms with Crippen molar-refractivity contribution in [3.05, 3.63) is 0 Å². The van der Waals surface area contributed by atoms with Gasteiger partial charge in [-0.05, 0) is 32.4 Å². The second kappa shape index (κ2) is 8.97. The molecule has 5 nitrogen and oxygen atoms in total. The quantitative estimate of drug-likeness (QED) is 0.686. The molecule has 0 aromatic rings. The van der Waals surface area contributed by atoms with Gasteiger partial charge < -0.3 is 10.1 Å². The first-order valence-electron chi connectivity index (χ1n) is 7.71. The summed E-state index contributed by atoms with van der Waals surface area (Å²) in [5, 5.41) is 3.52. The molecule has 0 bridgehead atoms. The molecule has 1 aliphatic rings. The highest BCUT2D eigenvalue weighted by molar-refractivity contribution is 7.90. The van der Waals surface area contributed by atoms with Gasteiger partial charge in [0.1, 0.15) is 9.84 Å². The van der Waals surface area contributed by atoms with Crippen molar-refractivity contribution in [2.45, 2.75) is 45.3 Å². The van der Waals surface area contributed by atoms with Crippen LogP contribution >= 0.6 is 0 Å². The molecule has 0 spiro atoms. The zero-order chi connectivity index (χ0) is 15.0. The van der Waals surface area contributed by atoms with Crippen LogP contribution in [0.5, 0.6) is 0 Å². The minimum absolute atomic E-state index is 0.176. The molecule has 2 unspecified atom stereocenters. The van der Waals surface area contributed by atoms with E-state index in [0.29, 0.717) is 6.42 Å². The van der Waals surface area contributed by atoms with Crippen LogP contribution in [-0.4, -0.2) is 70.3 Å². The first-order chi connectivity index (χ1) is 9.46. The fourth-order valence-corrected chi connectivity index (χ4v) is 3.27. The van der Waals surface area contributed by atoms with Crippen LogP contribution in [0.15, 0.2) is 0 Å². The molecule has 1 rings (SSSR count). The summed E-state index contributed by atoms with van der Waals surface area (Å²) >= 11 is 0. The van der Waals surface area contributed by atoms with Gasteiger partial charge in [-0.25, -0.2) is 8.42 Å². The maximum atomic E-state index is 11.2. The van der Waals surface area contributed by atoms with Crippen LogP contribution in [0.2, 0.25) is 0 Å². The lowest BCUT2D eigenvalue weighted by atomic mass is 10.0. The van der Waals surface area contributed by atoms with E-state index in [2.05, 4.69) is 24.1 Å². The SMILES string of the molecule is CCCNC(CCCS(C)(=O)=O)C1CN(CC)CCO1. The lowest BCUT2D eigenvalue weighted by molar-refractivity contribution is -0.0461. The number of likely N-dealkylation sites (N-methyl/N-ethyl adjacent to an activating group) is 1. The van der Waals surface area contributed by atoms with Crippen LogP contribution in [0, 0.1) is 0 Å². The summed E-state index contributed by atoms with van der Waals surface area (Å²) in [5.41, 5.74) is 0. The molecule has 1 heterocycles. The molecule has 0 radical (unpaired) electrons. The van der Waals surface area contributed by atoms with E-state index in [1.807, 2.05) is 0 Å². The van der Waals surface area contributed by atoms with E-state index in [1.165, 1.54) is 6.26 Å². The zero-order valence-electron chi connectivity index (χ0n) is 13.1. The summed E-state index contributed by atoms with van der Waals surface area (Å²) in [5.74, 6) is 0.265. The van der Waals surface area contributed by atoms with Crippen LogP contribution in [0.1, 0.15) is 33.1 Å². The van der Waals surface area contributed by atoms with E-state index in [1.54, 1.807) is 0 Å². The molecule has 0 amide bonds. The molecular weight excluding hydrogens is 276 g/mol. The number of nitrogens with zero attached hydrogens (tertiary/aromatic N) is 1. The van der Waals surface area contributed by atoms with Gasteiger partial charge in [-0.15, -0.1) is 0 Å². The van der Waals surface area contributed by atoms with Crippen LogP contribution < -0.4 is 5.32 Å². The predicted octanol–water partition coefficient (Wildman–Crippen LogP) is 0.900. The monoisotopic (exact) mass is 306 g/mol. The topological polar surface area (TPSA) is 58.6 Å². The van der Waals surface area contributed by atoms with E-state index in [0.717, 1.165) is 45.6 Å². The van der Waals surface area contributed by atoms with Crippen molar-refractivity contribution in [2.24, 2.45) is 0 Å². The molecule has 0 aromatic carbocycles. The van der Waals surface area contributed by atoms with Crippen LogP contribution in [-0.2, 0) is 14.6 Å². The first-order valence-corrected chi connectivity index (χ1v) is 9.77. The van der Waals surface area contributed by atoms with Crippen molar-refractivity contribution in [3.63, 3.8) is 0 Å². The molecule has 0 saturated carbocycles. The van der Waals surface area contributed by atoms with Gasteiger partial charge in [-0.1, -0.05) is 13.8 Å². The summed E-state index contributed by atoms with van der Waals surface area (Å²) in [6.45, 7) is 9.02. The minimum Gasteiger partial charge on any atom is -0.374 e. The number of hydrogen-bond acceptors (Lipinski definition) is 5. The third-order valence-electron chi connectivity index (χ3n) is 3.76. The number of ether oxygens (including phenoxy) is 1. The Morgan fingerprint density at radius 2 is 2.15 bits per heavy atom. The number of nitrogens with one attached hydrogen (secondary N) is 1. The Labute approximate surface area is 124 Å². The minimum atomic E-state index is -2.87. The Bertz CT molecular complexity index is 359. The average Bonchev–Trinajstić information content (AvgIpc) is 2.41. The molecular formula is C14H30N2O3S. The third-order valence-corrected chi connectivity index (χ3v) is 4.79. The Balaban J connectivity index is 2.49. The van der Waals surface area contributed by atoms with E-state index in [9.17, 15) is 8.42 Å². The number of hydrogen-bond donors (Lipinski definition) is 1. The lowest BCUT2D eigenvalue weighted by Crippen LogP contribution is -2.52. The normalized spacial score (nSPS) is 22.9. The number of morpholine rings is 1. The van der Waals surface area contributed by atoms with Crippen molar-refractivity contribution in [3.8, 4) is 0 Å². The molecule has 120 valence electrons. The highest BCUT2D eigenvalue weighted by atomic mass is 32.2. The largest absolute Gasteiger partial charge is 0.374 e. The molecule has 20 heavy (non-hydrogen) atoms. The maximum Gasteiger partial charge on any atom is 0.147 e. The Morgan fingerprint density at radius 1 is 1.40 bits per heavy atom. The van der Waals surface area contributed by atoms with Gasteiger partial charge in [0.15, 0.2) is 0 Å². The third kappa shape index (κ3) is 7.02. The first kappa shape index (κ1) is 17.9.